The molecule has 0 saturated heterocycles. The zero-order valence-electron chi connectivity index (χ0n) is 15.9. The number of anilines is 1. The molecule has 1 aliphatic carbocycles. The van der Waals surface area contributed by atoms with Gasteiger partial charge in [0, 0.05) is 23.3 Å². The molecule has 150 valence electrons. The lowest BCUT2D eigenvalue weighted by Crippen LogP contribution is -2.23. The van der Waals surface area contributed by atoms with Crippen molar-refractivity contribution in [2.45, 2.75) is 31.6 Å². The fourth-order valence-corrected chi connectivity index (χ4v) is 3.28. The number of rotatable bonds is 9. The molecule has 1 aliphatic rings. The van der Waals surface area contributed by atoms with Crippen molar-refractivity contribution in [2.75, 3.05) is 11.3 Å². The number of pyridine rings is 1. The van der Waals surface area contributed by atoms with Crippen molar-refractivity contribution < 1.29 is 9.53 Å². The monoisotopic (exact) mass is 411 g/mol. The smallest absolute Gasteiger partial charge is 0.271 e. The Morgan fingerprint density at radius 3 is 3.07 bits per heavy atom. The first-order chi connectivity index (χ1) is 14.2. The average Bonchev–Trinajstić information content (AvgIpc) is 3.45. The van der Waals surface area contributed by atoms with Crippen molar-refractivity contribution in [3.63, 3.8) is 0 Å². The molecule has 2 N–H and O–H groups in total. The van der Waals surface area contributed by atoms with Crippen molar-refractivity contribution in [3.05, 3.63) is 54.6 Å². The lowest BCUT2D eigenvalue weighted by molar-refractivity contribution is 0.0946. The van der Waals surface area contributed by atoms with Gasteiger partial charge < -0.3 is 14.8 Å². The van der Waals surface area contributed by atoms with Gasteiger partial charge in [-0.2, -0.15) is 4.98 Å². The van der Waals surface area contributed by atoms with E-state index in [-0.39, 0.29) is 11.6 Å². The number of imidazole rings is 1. The van der Waals surface area contributed by atoms with Crippen LogP contribution in [0.3, 0.4) is 0 Å². The van der Waals surface area contributed by atoms with Crippen molar-refractivity contribution in [2.24, 2.45) is 0 Å². The van der Waals surface area contributed by atoms with Crippen LogP contribution >= 0.6 is 11.9 Å². The third kappa shape index (κ3) is 5.23. The Morgan fingerprint density at radius 1 is 1.34 bits per heavy atom. The van der Waals surface area contributed by atoms with E-state index in [9.17, 15) is 4.79 Å². The zero-order chi connectivity index (χ0) is 20.1. The molecule has 0 unspecified atom stereocenters. The average molecular weight is 411 g/mol. The van der Waals surface area contributed by atoms with Crippen LogP contribution in [0.2, 0.25) is 0 Å². The van der Waals surface area contributed by atoms with Crippen LogP contribution in [-0.2, 0) is 6.54 Å². The quantitative estimate of drug-likeness (QED) is 0.518. The van der Waals surface area contributed by atoms with Crippen LogP contribution in [0.25, 0.3) is 5.82 Å². The first-order valence-corrected chi connectivity index (χ1v) is 10.2. The SMILES string of the molecule is CCOc1cncc(-n2cnc(C(=O)NCc3cc(NSC4CC4)ccn3)c2)n1. The molecule has 9 nitrogen and oxygen atoms in total. The molecule has 4 rings (SSSR count). The van der Waals surface area contributed by atoms with E-state index in [1.807, 2.05) is 19.1 Å². The second-order valence-electron chi connectivity index (χ2n) is 6.45. The molecule has 1 amide bonds. The van der Waals surface area contributed by atoms with Gasteiger partial charge in [0.1, 0.15) is 12.0 Å². The van der Waals surface area contributed by atoms with E-state index in [1.165, 1.54) is 25.4 Å². The molecular weight excluding hydrogens is 390 g/mol. The van der Waals surface area contributed by atoms with E-state index >= 15 is 0 Å². The van der Waals surface area contributed by atoms with E-state index in [0.29, 0.717) is 30.1 Å². The molecule has 0 spiro atoms. The second-order valence-corrected chi connectivity index (χ2v) is 7.56. The number of nitrogens with zero attached hydrogens (tertiary/aromatic N) is 5. The van der Waals surface area contributed by atoms with E-state index in [1.54, 1.807) is 35.1 Å². The molecule has 0 bridgehead atoms. The summed E-state index contributed by atoms with van der Waals surface area (Å²) < 4.78 is 10.3. The van der Waals surface area contributed by atoms with E-state index in [2.05, 4.69) is 30.0 Å². The van der Waals surface area contributed by atoms with Crippen LogP contribution in [0.4, 0.5) is 5.69 Å². The summed E-state index contributed by atoms with van der Waals surface area (Å²) in [6.45, 7) is 2.69. The molecule has 0 aromatic carbocycles. The molecule has 3 aromatic heterocycles. The molecule has 10 heteroatoms. The van der Waals surface area contributed by atoms with Crippen LogP contribution in [0.15, 0.2) is 43.2 Å². The Kier molecular flexibility index (Phi) is 5.89. The molecule has 1 saturated carbocycles. The van der Waals surface area contributed by atoms with E-state index < -0.39 is 0 Å². The lowest BCUT2D eigenvalue weighted by Gasteiger charge is -2.07. The maximum absolute atomic E-state index is 12.4. The van der Waals surface area contributed by atoms with Gasteiger partial charge in [0.25, 0.3) is 5.91 Å². The highest BCUT2D eigenvalue weighted by molar-refractivity contribution is 8.01. The van der Waals surface area contributed by atoms with Gasteiger partial charge in [-0.1, -0.05) is 0 Å². The standard InChI is InChI=1S/C19H21N7O2S/c1-2-28-18-10-20-9-17(24-18)26-11-16(23-12-26)19(27)22-8-14-7-13(5-6-21-14)25-29-15-3-4-15/h5-7,9-12,15H,2-4,8H2,1H3,(H,21,25)(H,22,27). The normalized spacial score (nSPS) is 13.1. The number of carbonyl (C=O) groups is 1. The number of nitrogens with one attached hydrogen (secondary N) is 2. The predicted octanol–water partition coefficient (Wildman–Crippen LogP) is 2.61. The molecule has 3 heterocycles. The minimum absolute atomic E-state index is 0.284. The fraction of sp³-hybridized carbons (Fsp3) is 0.316. The number of amides is 1. The van der Waals surface area contributed by atoms with Gasteiger partial charge in [-0.25, -0.2) is 4.98 Å². The number of aromatic nitrogens is 5. The minimum Gasteiger partial charge on any atom is -0.477 e. The Labute approximate surface area is 172 Å². The number of hydrogen-bond donors (Lipinski definition) is 2. The van der Waals surface area contributed by atoms with Gasteiger partial charge in [-0.15, -0.1) is 0 Å². The largest absolute Gasteiger partial charge is 0.477 e. The highest BCUT2D eigenvalue weighted by Gasteiger charge is 2.22. The Bertz CT molecular complexity index is 990. The maximum atomic E-state index is 12.4. The summed E-state index contributed by atoms with van der Waals surface area (Å²) >= 11 is 1.73. The minimum atomic E-state index is -0.287. The Balaban J connectivity index is 1.35. The van der Waals surface area contributed by atoms with Crippen molar-refractivity contribution in [1.29, 1.82) is 0 Å². The van der Waals surface area contributed by atoms with Gasteiger partial charge in [0.05, 0.1) is 31.2 Å². The molecular formula is C19H21N7O2S. The lowest BCUT2D eigenvalue weighted by atomic mass is 10.3. The first kappa shape index (κ1) is 19.2. The van der Waals surface area contributed by atoms with Gasteiger partial charge in [-0.3, -0.25) is 19.3 Å². The second kappa shape index (κ2) is 8.91. The van der Waals surface area contributed by atoms with E-state index in [0.717, 1.165) is 11.4 Å². The van der Waals surface area contributed by atoms with Crippen LogP contribution in [-0.4, -0.2) is 42.3 Å². The summed E-state index contributed by atoms with van der Waals surface area (Å²) in [5.74, 6) is 0.658. The highest BCUT2D eigenvalue weighted by Crippen LogP contribution is 2.34. The van der Waals surface area contributed by atoms with Crippen molar-refractivity contribution in [1.82, 2.24) is 29.8 Å². The number of ether oxygens (including phenoxy) is 1. The van der Waals surface area contributed by atoms with E-state index in [4.69, 9.17) is 4.74 Å². The summed E-state index contributed by atoms with van der Waals surface area (Å²) in [7, 11) is 0. The maximum Gasteiger partial charge on any atom is 0.271 e. The molecule has 29 heavy (non-hydrogen) atoms. The van der Waals surface area contributed by atoms with Crippen LogP contribution in [0, 0.1) is 0 Å². The van der Waals surface area contributed by atoms with Gasteiger partial charge in [-0.05, 0) is 43.8 Å². The highest BCUT2D eigenvalue weighted by atomic mass is 32.2. The van der Waals surface area contributed by atoms with Gasteiger partial charge in [0.15, 0.2) is 5.82 Å². The van der Waals surface area contributed by atoms with Crippen LogP contribution < -0.4 is 14.8 Å². The zero-order valence-corrected chi connectivity index (χ0v) is 16.7. The van der Waals surface area contributed by atoms with Crippen LogP contribution in [0.1, 0.15) is 35.9 Å². The Morgan fingerprint density at radius 2 is 2.24 bits per heavy atom. The first-order valence-electron chi connectivity index (χ1n) is 9.35. The molecule has 3 aromatic rings. The summed E-state index contributed by atoms with van der Waals surface area (Å²) in [5, 5.41) is 3.55. The number of carbonyl (C=O) groups excluding carboxylic acids is 1. The molecule has 0 atom stereocenters. The van der Waals surface area contributed by atoms with Crippen LogP contribution in [0.5, 0.6) is 5.88 Å². The third-order valence-electron chi connectivity index (χ3n) is 4.09. The molecule has 0 aliphatic heterocycles. The molecule has 1 fully saturated rings. The molecule has 0 radical (unpaired) electrons. The predicted molar refractivity (Wildman–Crippen MR) is 110 cm³/mol. The topological polar surface area (TPSA) is 107 Å². The Hall–Kier alpha value is -3.14. The summed E-state index contributed by atoms with van der Waals surface area (Å²) in [5.41, 5.74) is 2.04. The van der Waals surface area contributed by atoms with Crippen molar-refractivity contribution in [3.8, 4) is 11.7 Å². The van der Waals surface area contributed by atoms with Crippen molar-refractivity contribution >= 4 is 23.5 Å². The summed E-state index contributed by atoms with van der Waals surface area (Å²) in [6, 6.07) is 3.85. The van der Waals surface area contributed by atoms with Gasteiger partial charge >= 0.3 is 0 Å². The summed E-state index contributed by atoms with van der Waals surface area (Å²) in [6.07, 6.45) is 10.5. The van der Waals surface area contributed by atoms with Gasteiger partial charge in [0.2, 0.25) is 5.88 Å². The fourth-order valence-electron chi connectivity index (χ4n) is 2.48. The number of hydrogen-bond acceptors (Lipinski definition) is 8. The third-order valence-corrected chi connectivity index (χ3v) is 5.24. The summed E-state index contributed by atoms with van der Waals surface area (Å²) in [4.78, 5) is 29.3.